The van der Waals surface area contributed by atoms with E-state index in [0.717, 1.165) is 6.42 Å². The Hall–Kier alpha value is -1.31. The third-order valence-electron chi connectivity index (χ3n) is 2.17. The van der Waals surface area contributed by atoms with Crippen LogP contribution in [-0.2, 0) is 13.5 Å². The monoisotopic (exact) mass is 190 g/mol. The Morgan fingerprint density at radius 2 is 1.86 bits per heavy atom. The molecule has 0 aliphatic carbocycles. The molecule has 0 atom stereocenters. The van der Waals surface area contributed by atoms with Crippen LogP contribution in [0.1, 0.15) is 26.5 Å². The van der Waals surface area contributed by atoms with Crippen LogP contribution in [0.5, 0.6) is 0 Å². The molecule has 1 aromatic heterocycles. The number of hydrogen-bond acceptors (Lipinski definition) is 1. The van der Waals surface area contributed by atoms with E-state index in [2.05, 4.69) is 30.2 Å². The van der Waals surface area contributed by atoms with Gasteiger partial charge in [-0.2, -0.15) is 5.10 Å². The lowest BCUT2D eigenvalue weighted by Gasteiger charge is -1.90. The molecular formula is C12H18N2. The number of aryl methyl sites for hydroxylation is 2. The lowest BCUT2D eigenvalue weighted by Crippen LogP contribution is -1.90. The summed E-state index contributed by atoms with van der Waals surface area (Å²) < 4.78 is 1.94. The molecule has 76 valence electrons. The number of benzene rings is 1. The molecule has 1 aromatic carbocycles. The van der Waals surface area contributed by atoms with E-state index in [9.17, 15) is 0 Å². The minimum absolute atomic E-state index is 1.00. The summed E-state index contributed by atoms with van der Waals surface area (Å²) in [6.07, 6.45) is 1.00. The summed E-state index contributed by atoms with van der Waals surface area (Å²) in [6.45, 7) is 6.13. The minimum Gasteiger partial charge on any atom is -0.268 e. The van der Waals surface area contributed by atoms with Crippen LogP contribution in [0.15, 0.2) is 24.3 Å². The summed E-state index contributed by atoms with van der Waals surface area (Å²) in [5, 5.41) is 5.70. The van der Waals surface area contributed by atoms with Crippen molar-refractivity contribution in [1.82, 2.24) is 9.78 Å². The highest BCUT2D eigenvalue weighted by Crippen LogP contribution is 2.17. The maximum Gasteiger partial charge on any atom is 0.0700 e. The second-order valence-electron chi connectivity index (χ2n) is 2.94. The van der Waals surface area contributed by atoms with Crippen molar-refractivity contribution >= 4 is 10.9 Å². The Morgan fingerprint density at radius 3 is 2.50 bits per heavy atom. The summed E-state index contributed by atoms with van der Waals surface area (Å²) >= 11 is 0. The maximum absolute atomic E-state index is 4.42. The lowest BCUT2D eigenvalue weighted by molar-refractivity contribution is 0.770. The van der Waals surface area contributed by atoms with Gasteiger partial charge >= 0.3 is 0 Å². The van der Waals surface area contributed by atoms with Gasteiger partial charge in [-0.25, -0.2) is 0 Å². The van der Waals surface area contributed by atoms with E-state index in [4.69, 9.17) is 0 Å². The molecular weight excluding hydrogens is 172 g/mol. The first kappa shape index (κ1) is 10.8. The standard InChI is InChI=1S/C10H12N2.C2H6/c1-3-9-8-6-4-5-7-10(8)12(2)11-9;1-2/h4-7H,3H2,1-2H3;1-2H3. The highest BCUT2D eigenvalue weighted by Gasteiger charge is 2.03. The summed E-state index contributed by atoms with van der Waals surface area (Å²) in [5.74, 6) is 0. The molecule has 1 heterocycles. The normalized spacial score (nSPS) is 9.71. The molecule has 0 saturated carbocycles. The number of hydrogen-bond donors (Lipinski definition) is 0. The molecule has 0 spiro atoms. The number of para-hydroxylation sites is 1. The highest BCUT2D eigenvalue weighted by molar-refractivity contribution is 5.81. The Balaban J connectivity index is 0.000000461. The second-order valence-corrected chi connectivity index (χ2v) is 2.94. The molecule has 0 saturated heterocycles. The van der Waals surface area contributed by atoms with E-state index in [0.29, 0.717) is 0 Å². The Kier molecular flexibility index (Phi) is 3.69. The molecule has 0 unspecified atom stereocenters. The van der Waals surface area contributed by atoms with E-state index in [1.54, 1.807) is 0 Å². The van der Waals surface area contributed by atoms with Gasteiger partial charge in [0.15, 0.2) is 0 Å². The predicted molar refractivity (Wildman–Crippen MR) is 61.4 cm³/mol. The molecule has 14 heavy (non-hydrogen) atoms. The summed E-state index contributed by atoms with van der Waals surface area (Å²) in [7, 11) is 1.99. The molecule has 0 amide bonds. The van der Waals surface area contributed by atoms with Crippen LogP contribution in [0.4, 0.5) is 0 Å². The van der Waals surface area contributed by atoms with Gasteiger partial charge in [-0.15, -0.1) is 0 Å². The van der Waals surface area contributed by atoms with E-state index in [-0.39, 0.29) is 0 Å². The van der Waals surface area contributed by atoms with E-state index in [1.165, 1.54) is 16.6 Å². The molecule has 2 rings (SSSR count). The summed E-state index contributed by atoms with van der Waals surface area (Å²) in [4.78, 5) is 0. The lowest BCUT2D eigenvalue weighted by atomic mass is 10.2. The topological polar surface area (TPSA) is 17.8 Å². The van der Waals surface area contributed by atoms with E-state index in [1.807, 2.05) is 31.6 Å². The van der Waals surface area contributed by atoms with Crippen LogP contribution in [0.25, 0.3) is 10.9 Å². The number of nitrogens with zero attached hydrogens (tertiary/aromatic N) is 2. The fraction of sp³-hybridized carbons (Fsp3) is 0.417. The molecule has 0 aliphatic heterocycles. The number of aromatic nitrogens is 2. The quantitative estimate of drug-likeness (QED) is 0.675. The van der Waals surface area contributed by atoms with Gasteiger partial charge in [0.25, 0.3) is 0 Å². The third-order valence-corrected chi connectivity index (χ3v) is 2.17. The number of rotatable bonds is 1. The largest absolute Gasteiger partial charge is 0.268 e. The maximum atomic E-state index is 4.42. The molecule has 0 N–H and O–H groups in total. The van der Waals surface area contributed by atoms with Crippen LogP contribution in [0, 0.1) is 0 Å². The van der Waals surface area contributed by atoms with Crippen LogP contribution in [-0.4, -0.2) is 9.78 Å². The number of fused-ring (bicyclic) bond motifs is 1. The van der Waals surface area contributed by atoms with Crippen LogP contribution >= 0.6 is 0 Å². The van der Waals surface area contributed by atoms with Crippen LogP contribution in [0.3, 0.4) is 0 Å². The predicted octanol–water partition coefficient (Wildman–Crippen LogP) is 3.16. The molecule has 2 nitrogen and oxygen atoms in total. The first-order chi connectivity index (χ1) is 6.83. The zero-order valence-corrected chi connectivity index (χ0v) is 9.41. The van der Waals surface area contributed by atoms with Crippen LogP contribution in [0.2, 0.25) is 0 Å². The van der Waals surface area contributed by atoms with Crippen LogP contribution < -0.4 is 0 Å². The van der Waals surface area contributed by atoms with Gasteiger partial charge in [-0.3, -0.25) is 4.68 Å². The Bertz CT molecular complexity index is 402. The van der Waals surface area contributed by atoms with Crippen molar-refractivity contribution in [3.63, 3.8) is 0 Å². The first-order valence-corrected chi connectivity index (χ1v) is 5.23. The zero-order chi connectivity index (χ0) is 10.6. The van der Waals surface area contributed by atoms with Gasteiger partial charge in [0.2, 0.25) is 0 Å². The molecule has 0 bridgehead atoms. The van der Waals surface area contributed by atoms with E-state index >= 15 is 0 Å². The average Bonchev–Trinajstić information content (AvgIpc) is 2.59. The third kappa shape index (κ3) is 1.79. The smallest absolute Gasteiger partial charge is 0.0700 e. The van der Waals surface area contributed by atoms with E-state index < -0.39 is 0 Å². The molecule has 0 radical (unpaired) electrons. The minimum atomic E-state index is 1.00. The highest BCUT2D eigenvalue weighted by atomic mass is 15.3. The Labute approximate surface area is 85.6 Å². The van der Waals surface area contributed by atoms with Gasteiger partial charge in [-0.1, -0.05) is 39.0 Å². The molecule has 0 fully saturated rings. The van der Waals surface area contributed by atoms with Crippen molar-refractivity contribution in [3.8, 4) is 0 Å². The fourth-order valence-electron chi connectivity index (χ4n) is 1.55. The summed E-state index contributed by atoms with van der Waals surface area (Å²) in [6, 6.07) is 8.33. The fourth-order valence-corrected chi connectivity index (χ4v) is 1.55. The Morgan fingerprint density at radius 1 is 1.21 bits per heavy atom. The molecule has 2 heteroatoms. The van der Waals surface area contributed by atoms with Gasteiger partial charge in [0.05, 0.1) is 11.2 Å². The van der Waals surface area contributed by atoms with Gasteiger partial charge < -0.3 is 0 Å². The van der Waals surface area contributed by atoms with Gasteiger partial charge in [0.1, 0.15) is 0 Å². The van der Waals surface area contributed by atoms with Crippen molar-refractivity contribution in [3.05, 3.63) is 30.0 Å². The van der Waals surface area contributed by atoms with Crippen molar-refractivity contribution in [2.24, 2.45) is 7.05 Å². The second kappa shape index (κ2) is 4.80. The van der Waals surface area contributed by atoms with Gasteiger partial charge in [0, 0.05) is 12.4 Å². The van der Waals surface area contributed by atoms with Crippen molar-refractivity contribution in [2.45, 2.75) is 27.2 Å². The van der Waals surface area contributed by atoms with Crippen molar-refractivity contribution in [1.29, 1.82) is 0 Å². The first-order valence-electron chi connectivity index (χ1n) is 5.23. The SMILES string of the molecule is CC.CCc1nn(C)c2ccccc12. The summed E-state index contributed by atoms with van der Waals surface area (Å²) in [5.41, 5.74) is 2.41. The molecule has 2 aromatic rings. The zero-order valence-electron chi connectivity index (χ0n) is 9.41. The average molecular weight is 190 g/mol. The van der Waals surface area contributed by atoms with Crippen molar-refractivity contribution in [2.75, 3.05) is 0 Å². The van der Waals surface area contributed by atoms with Crippen molar-refractivity contribution < 1.29 is 0 Å². The molecule has 0 aliphatic rings. The van der Waals surface area contributed by atoms with Gasteiger partial charge in [-0.05, 0) is 12.5 Å².